The van der Waals surface area contributed by atoms with Gasteiger partial charge in [0.15, 0.2) is 10.9 Å². The number of aromatic nitrogens is 2. The average molecular weight is 406 g/mol. The van der Waals surface area contributed by atoms with Crippen LogP contribution in [0.1, 0.15) is 40.1 Å². The van der Waals surface area contributed by atoms with E-state index in [1.54, 1.807) is 12.1 Å². The van der Waals surface area contributed by atoms with Gasteiger partial charge in [-0.1, -0.05) is 23.4 Å². The predicted octanol–water partition coefficient (Wildman–Crippen LogP) is 3.19. The SMILES string of the molecule is CSc1ncc(Cl)c(C(=O)Nc2cc(C(N)=O)ccc2N2CCCCC2)n1. The number of anilines is 2. The van der Waals surface area contributed by atoms with Crippen LogP contribution >= 0.6 is 23.4 Å². The molecule has 0 bridgehead atoms. The molecule has 1 saturated heterocycles. The van der Waals surface area contributed by atoms with Crippen molar-refractivity contribution in [3.05, 3.63) is 40.7 Å². The van der Waals surface area contributed by atoms with Crippen molar-refractivity contribution in [1.82, 2.24) is 9.97 Å². The normalized spacial score (nSPS) is 14.1. The summed E-state index contributed by atoms with van der Waals surface area (Å²) in [6.45, 7) is 1.79. The van der Waals surface area contributed by atoms with Gasteiger partial charge in [0.25, 0.3) is 5.91 Å². The van der Waals surface area contributed by atoms with Crippen LogP contribution in [0.2, 0.25) is 5.02 Å². The molecule has 0 unspecified atom stereocenters. The predicted molar refractivity (Wildman–Crippen MR) is 108 cm³/mol. The number of piperidine rings is 1. The van der Waals surface area contributed by atoms with Gasteiger partial charge >= 0.3 is 0 Å². The Morgan fingerprint density at radius 3 is 2.67 bits per heavy atom. The maximum atomic E-state index is 12.8. The van der Waals surface area contributed by atoms with Crippen LogP contribution < -0.4 is 16.0 Å². The Bertz CT molecular complexity index is 871. The molecule has 3 N–H and O–H groups in total. The number of carbonyl (C=O) groups is 2. The monoisotopic (exact) mass is 405 g/mol. The van der Waals surface area contributed by atoms with Gasteiger partial charge in [-0.05, 0) is 43.7 Å². The van der Waals surface area contributed by atoms with E-state index in [1.165, 1.54) is 24.4 Å². The summed E-state index contributed by atoms with van der Waals surface area (Å²) in [7, 11) is 0. The van der Waals surface area contributed by atoms with Crippen molar-refractivity contribution in [2.24, 2.45) is 5.73 Å². The molecule has 1 aromatic heterocycles. The molecule has 2 amide bonds. The maximum absolute atomic E-state index is 12.8. The van der Waals surface area contributed by atoms with Crippen LogP contribution in [-0.4, -0.2) is 41.1 Å². The van der Waals surface area contributed by atoms with Crippen LogP contribution in [0.4, 0.5) is 11.4 Å². The molecular formula is C18H20ClN5O2S. The van der Waals surface area contributed by atoms with Crippen LogP contribution in [0.3, 0.4) is 0 Å². The third kappa shape index (κ3) is 4.51. The van der Waals surface area contributed by atoms with Crippen LogP contribution in [0.25, 0.3) is 0 Å². The molecule has 2 aromatic rings. The van der Waals surface area contributed by atoms with Gasteiger partial charge in [0.2, 0.25) is 5.91 Å². The first-order valence-electron chi connectivity index (χ1n) is 8.56. The van der Waals surface area contributed by atoms with E-state index in [0.717, 1.165) is 31.6 Å². The molecule has 0 aliphatic carbocycles. The molecule has 142 valence electrons. The fourth-order valence-electron chi connectivity index (χ4n) is 2.99. The van der Waals surface area contributed by atoms with E-state index in [1.807, 2.05) is 12.3 Å². The van der Waals surface area contributed by atoms with E-state index < -0.39 is 11.8 Å². The molecule has 3 rings (SSSR count). The van der Waals surface area contributed by atoms with Crippen LogP contribution in [0.15, 0.2) is 29.6 Å². The zero-order valence-corrected chi connectivity index (χ0v) is 16.4. The Morgan fingerprint density at radius 1 is 1.26 bits per heavy atom. The smallest absolute Gasteiger partial charge is 0.276 e. The summed E-state index contributed by atoms with van der Waals surface area (Å²) in [6, 6.07) is 5.08. The Labute approximate surface area is 166 Å². The van der Waals surface area contributed by atoms with Crippen molar-refractivity contribution in [3.8, 4) is 0 Å². The Hall–Kier alpha value is -2.32. The minimum atomic E-state index is -0.555. The summed E-state index contributed by atoms with van der Waals surface area (Å²) < 4.78 is 0. The van der Waals surface area contributed by atoms with Gasteiger partial charge in [-0.3, -0.25) is 9.59 Å². The quantitative estimate of drug-likeness (QED) is 0.585. The molecule has 9 heteroatoms. The first-order valence-corrected chi connectivity index (χ1v) is 10.2. The number of nitrogens with one attached hydrogen (secondary N) is 1. The van der Waals surface area contributed by atoms with Crippen molar-refractivity contribution in [2.75, 3.05) is 29.6 Å². The highest BCUT2D eigenvalue weighted by Gasteiger charge is 2.20. The molecule has 0 saturated carbocycles. The number of hydrogen-bond acceptors (Lipinski definition) is 6. The van der Waals surface area contributed by atoms with E-state index in [2.05, 4.69) is 20.2 Å². The van der Waals surface area contributed by atoms with Gasteiger partial charge < -0.3 is 16.0 Å². The van der Waals surface area contributed by atoms with Crippen molar-refractivity contribution >= 4 is 46.6 Å². The fraction of sp³-hybridized carbons (Fsp3) is 0.333. The van der Waals surface area contributed by atoms with Crippen LogP contribution in [-0.2, 0) is 0 Å². The minimum absolute atomic E-state index is 0.0880. The van der Waals surface area contributed by atoms with Gasteiger partial charge in [-0.25, -0.2) is 9.97 Å². The number of hydrogen-bond donors (Lipinski definition) is 2. The lowest BCUT2D eigenvalue weighted by Crippen LogP contribution is -2.30. The molecule has 1 aromatic carbocycles. The summed E-state index contributed by atoms with van der Waals surface area (Å²) in [5.41, 5.74) is 7.18. The molecule has 7 nitrogen and oxygen atoms in total. The second-order valence-corrected chi connectivity index (χ2v) is 7.33. The molecule has 0 radical (unpaired) electrons. The Balaban J connectivity index is 1.95. The number of thioether (sulfide) groups is 1. The van der Waals surface area contributed by atoms with Crippen molar-refractivity contribution < 1.29 is 9.59 Å². The molecule has 0 atom stereocenters. The third-order valence-electron chi connectivity index (χ3n) is 4.35. The molecule has 1 fully saturated rings. The van der Waals surface area contributed by atoms with Crippen molar-refractivity contribution in [2.45, 2.75) is 24.4 Å². The van der Waals surface area contributed by atoms with Gasteiger partial charge in [-0.15, -0.1) is 0 Å². The maximum Gasteiger partial charge on any atom is 0.276 e. The van der Waals surface area contributed by atoms with Gasteiger partial charge in [0.05, 0.1) is 22.6 Å². The average Bonchev–Trinajstić information content (AvgIpc) is 2.68. The largest absolute Gasteiger partial charge is 0.370 e. The van der Waals surface area contributed by atoms with Crippen LogP contribution in [0.5, 0.6) is 0 Å². The van der Waals surface area contributed by atoms with E-state index in [9.17, 15) is 9.59 Å². The number of carbonyl (C=O) groups excluding carboxylic acids is 2. The third-order valence-corrected chi connectivity index (χ3v) is 5.18. The highest BCUT2D eigenvalue weighted by atomic mass is 35.5. The van der Waals surface area contributed by atoms with Crippen molar-refractivity contribution in [3.63, 3.8) is 0 Å². The van der Waals surface area contributed by atoms with Gasteiger partial charge in [0, 0.05) is 18.7 Å². The summed E-state index contributed by atoms with van der Waals surface area (Å²) >= 11 is 7.42. The lowest BCUT2D eigenvalue weighted by molar-refractivity contribution is 0.0995. The summed E-state index contributed by atoms with van der Waals surface area (Å²) in [5.74, 6) is -1.02. The highest BCUT2D eigenvalue weighted by Crippen LogP contribution is 2.30. The molecule has 2 heterocycles. The van der Waals surface area contributed by atoms with Crippen molar-refractivity contribution in [1.29, 1.82) is 0 Å². The standard InChI is InChI=1S/C18H20ClN5O2S/c1-27-18-21-10-12(19)15(23-18)17(26)22-13-9-11(16(20)25)5-6-14(13)24-7-3-2-4-8-24/h5-6,9-10H,2-4,7-8H2,1H3,(H2,20,25)(H,22,26). The Morgan fingerprint density at radius 2 is 2.00 bits per heavy atom. The molecule has 0 spiro atoms. The number of nitrogens with two attached hydrogens (primary N) is 1. The molecular weight excluding hydrogens is 386 g/mol. The van der Waals surface area contributed by atoms with E-state index in [4.69, 9.17) is 17.3 Å². The second-order valence-electron chi connectivity index (χ2n) is 6.15. The molecule has 27 heavy (non-hydrogen) atoms. The lowest BCUT2D eigenvalue weighted by Gasteiger charge is -2.30. The summed E-state index contributed by atoms with van der Waals surface area (Å²) in [4.78, 5) is 34.8. The van der Waals surface area contributed by atoms with Crippen LogP contribution in [0, 0.1) is 0 Å². The van der Waals surface area contributed by atoms with E-state index in [0.29, 0.717) is 16.4 Å². The number of benzene rings is 1. The molecule has 1 aliphatic rings. The molecule has 1 aliphatic heterocycles. The topological polar surface area (TPSA) is 101 Å². The minimum Gasteiger partial charge on any atom is -0.370 e. The zero-order valence-electron chi connectivity index (χ0n) is 14.9. The zero-order chi connectivity index (χ0) is 19.4. The second kappa shape index (κ2) is 8.58. The first-order chi connectivity index (χ1) is 13.0. The van der Waals surface area contributed by atoms with E-state index >= 15 is 0 Å². The van der Waals surface area contributed by atoms with Gasteiger partial charge in [-0.2, -0.15) is 0 Å². The summed E-state index contributed by atoms with van der Waals surface area (Å²) in [5, 5.41) is 3.45. The highest BCUT2D eigenvalue weighted by molar-refractivity contribution is 7.98. The Kier molecular flexibility index (Phi) is 6.18. The number of rotatable bonds is 5. The van der Waals surface area contributed by atoms with Gasteiger partial charge in [0.1, 0.15) is 0 Å². The van der Waals surface area contributed by atoms with E-state index in [-0.39, 0.29) is 10.7 Å². The first kappa shape index (κ1) is 19.4. The summed E-state index contributed by atoms with van der Waals surface area (Å²) in [6.07, 6.45) is 6.57. The number of amides is 2. The number of halogens is 1. The number of nitrogens with zero attached hydrogens (tertiary/aromatic N) is 3. The fourth-order valence-corrected chi connectivity index (χ4v) is 3.51. The lowest BCUT2D eigenvalue weighted by atomic mass is 10.1. The number of primary amides is 1.